The lowest BCUT2D eigenvalue weighted by Gasteiger charge is -2.41. The quantitative estimate of drug-likeness (QED) is 0.279. The highest BCUT2D eigenvalue weighted by atomic mass is 19.1. The van der Waals surface area contributed by atoms with Crippen LogP contribution in [0, 0.1) is 22.9 Å². The number of carboxylic acid groups (broad SMARTS) is 1. The molecule has 40 heavy (non-hydrogen) atoms. The summed E-state index contributed by atoms with van der Waals surface area (Å²) in [7, 11) is 1.53. The van der Waals surface area contributed by atoms with Gasteiger partial charge in [-0.2, -0.15) is 0 Å². The molecular formula is C29H33F4N3O4. The highest BCUT2D eigenvalue weighted by molar-refractivity contribution is 5.85. The number of alkyl halides is 1. The summed E-state index contributed by atoms with van der Waals surface area (Å²) in [5, 5.41) is 10.3. The highest BCUT2D eigenvalue weighted by Crippen LogP contribution is 2.43. The van der Waals surface area contributed by atoms with Gasteiger partial charge in [0.1, 0.15) is 24.3 Å². The van der Waals surface area contributed by atoms with Crippen LogP contribution in [-0.2, 0) is 11.3 Å². The van der Waals surface area contributed by atoms with Crippen LogP contribution in [0.15, 0.2) is 36.5 Å². The van der Waals surface area contributed by atoms with Crippen molar-refractivity contribution in [1.82, 2.24) is 9.88 Å². The maximum atomic E-state index is 15.9. The monoisotopic (exact) mass is 563 g/mol. The number of nitrogens with two attached hydrogens (primary N) is 1. The molecule has 0 bridgehead atoms. The number of pyridine rings is 1. The SMILES string of the molecule is COc1ccc2ncc(CN)c(C(F)CCC3(CC(=O)O)CCN(CCOc4c(F)cc(F)cc4F)CC3)c2c1. The number of carboxylic acids is 1. The average molecular weight is 564 g/mol. The molecule has 11 heteroatoms. The molecule has 1 aromatic heterocycles. The second kappa shape index (κ2) is 12.8. The number of fused-ring (bicyclic) bond motifs is 1. The van der Waals surface area contributed by atoms with E-state index in [1.54, 1.807) is 24.4 Å². The average Bonchev–Trinajstić information content (AvgIpc) is 2.92. The van der Waals surface area contributed by atoms with Crippen molar-refractivity contribution in [1.29, 1.82) is 0 Å². The third-order valence-electron chi connectivity index (χ3n) is 7.72. The smallest absolute Gasteiger partial charge is 0.303 e. The summed E-state index contributed by atoms with van der Waals surface area (Å²) in [5.74, 6) is -4.27. The maximum Gasteiger partial charge on any atom is 0.303 e. The fourth-order valence-electron chi connectivity index (χ4n) is 5.50. The van der Waals surface area contributed by atoms with Crippen molar-refractivity contribution in [3.8, 4) is 11.5 Å². The molecule has 2 aromatic carbocycles. The Kier molecular flexibility index (Phi) is 9.47. The van der Waals surface area contributed by atoms with Crippen molar-refractivity contribution in [2.75, 3.05) is 33.4 Å². The van der Waals surface area contributed by atoms with Crippen LogP contribution in [0.2, 0.25) is 0 Å². The Labute approximate surface area is 229 Å². The number of aliphatic carboxylic acids is 1. The third kappa shape index (κ3) is 6.82. The molecule has 2 heterocycles. The molecule has 1 atom stereocenters. The molecule has 0 amide bonds. The molecule has 3 N–H and O–H groups in total. The van der Waals surface area contributed by atoms with E-state index in [0.29, 0.717) is 78.8 Å². The lowest BCUT2D eigenvalue weighted by Crippen LogP contribution is -2.42. The summed E-state index contributed by atoms with van der Waals surface area (Å²) in [6.07, 6.45) is 1.60. The second-order valence-corrected chi connectivity index (χ2v) is 10.2. The van der Waals surface area contributed by atoms with Gasteiger partial charge in [0.15, 0.2) is 17.4 Å². The molecule has 0 aliphatic carbocycles. The first-order valence-electron chi connectivity index (χ1n) is 13.2. The number of aromatic nitrogens is 1. The lowest BCUT2D eigenvalue weighted by atomic mass is 9.71. The van der Waals surface area contributed by atoms with Gasteiger partial charge >= 0.3 is 5.97 Å². The molecule has 1 aliphatic heterocycles. The van der Waals surface area contributed by atoms with Crippen LogP contribution >= 0.6 is 0 Å². The number of carbonyl (C=O) groups is 1. The van der Waals surface area contributed by atoms with Crippen molar-refractivity contribution in [2.45, 2.75) is 44.8 Å². The summed E-state index contributed by atoms with van der Waals surface area (Å²) >= 11 is 0. The number of halogens is 4. The molecule has 0 spiro atoms. The Morgan fingerprint density at radius 1 is 1.18 bits per heavy atom. The number of rotatable bonds is 12. The number of ether oxygens (including phenoxy) is 2. The van der Waals surface area contributed by atoms with Crippen LogP contribution in [0.4, 0.5) is 17.6 Å². The first kappa shape index (κ1) is 29.5. The van der Waals surface area contributed by atoms with Gasteiger partial charge in [-0.05, 0) is 68.0 Å². The van der Waals surface area contributed by atoms with Gasteiger partial charge in [0.25, 0.3) is 0 Å². The Bertz CT molecular complexity index is 1320. The van der Waals surface area contributed by atoms with Crippen LogP contribution < -0.4 is 15.2 Å². The number of hydrogen-bond donors (Lipinski definition) is 2. The maximum absolute atomic E-state index is 15.9. The molecule has 0 radical (unpaired) electrons. The summed E-state index contributed by atoms with van der Waals surface area (Å²) in [5.41, 5.74) is 6.96. The Balaban J connectivity index is 1.41. The van der Waals surface area contributed by atoms with Crippen LogP contribution in [-0.4, -0.2) is 54.3 Å². The summed E-state index contributed by atoms with van der Waals surface area (Å²) in [4.78, 5) is 18.2. The molecule has 1 fully saturated rings. The van der Waals surface area contributed by atoms with E-state index in [1.165, 1.54) is 7.11 Å². The highest BCUT2D eigenvalue weighted by Gasteiger charge is 2.37. The fraction of sp³-hybridized carbons (Fsp3) is 0.448. The first-order chi connectivity index (χ1) is 19.1. The van der Waals surface area contributed by atoms with Crippen molar-refractivity contribution in [2.24, 2.45) is 11.1 Å². The Morgan fingerprint density at radius 2 is 1.88 bits per heavy atom. The molecule has 1 aliphatic rings. The predicted octanol–water partition coefficient (Wildman–Crippen LogP) is 5.55. The summed E-state index contributed by atoms with van der Waals surface area (Å²) in [6.45, 7) is 1.46. The van der Waals surface area contributed by atoms with Crippen molar-refractivity contribution >= 4 is 16.9 Å². The molecule has 4 rings (SSSR count). The fourth-order valence-corrected chi connectivity index (χ4v) is 5.50. The van der Waals surface area contributed by atoms with Gasteiger partial charge < -0.3 is 20.3 Å². The zero-order valence-corrected chi connectivity index (χ0v) is 22.3. The number of methoxy groups -OCH3 is 1. The number of nitrogens with zero attached hydrogens (tertiary/aromatic N) is 2. The van der Waals surface area contributed by atoms with E-state index in [-0.39, 0.29) is 26.0 Å². The second-order valence-electron chi connectivity index (χ2n) is 10.2. The molecule has 3 aromatic rings. The van der Waals surface area contributed by atoms with Crippen molar-refractivity contribution in [3.63, 3.8) is 0 Å². The molecule has 216 valence electrons. The van der Waals surface area contributed by atoms with Crippen LogP contribution in [0.1, 0.15) is 49.4 Å². The van der Waals surface area contributed by atoms with Gasteiger partial charge in [-0.25, -0.2) is 17.6 Å². The van der Waals surface area contributed by atoms with E-state index < -0.39 is 40.8 Å². The minimum Gasteiger partial charge on any atom is -0.497 e. The van der Waals surface area contributed by atoms with Gasteiger partial charge in [-0.3, -0.25) is 14.7 Å². The van der Waals surface area contributed by atoms with Crippen LogP contribution in [0.25, 0.3) is 10.9 Å². The minimum atomic E-state index is -1.38. The van der Waals surface area contributed by atoms with E-state index in [4.69, 9.17) is 15.2 Å². The number of piperidine rings is 1. The van der Waals surface area contributed by atoms with E-state index in [2.05, 4.69) is 4.98 Å². The van der Waals surface area contributed by atoms with E-state index >= 15 is 4.39 Å². The van der Waals surface area contributed by atoms with Crippen molar-refractivity contribution < 1.29 is 36.9 Å². The lowest BCUT2D eigenvalue weighted by molar-refractivity contribution is -0.141. The van der Waals surface area contributed by atoms with Gasteiger partial charge in [0.2, 0.25) is 0 Å². The van der Waals surface area contributed by atoms with Crippen LogP contribution in [0.5, 0.6) is 11.5 Å². The zero-order chi connectivity index (χ0) is 28.9. The number of likely N-dealkylation sites (tertiary alicyclic amines) is 1. The molecular weight excluding hydrogens is 530 g/mol. The largest absolute Gasteiger partial charge is 0.497 e. The normalized spacial score (nSPS) is 16.1. The van der Waals surface area contributed by atoms with E-state index in [9.17, 15) is 23.1 Å². The topological polar surface area (TPSA) is 97.9 Å². The van der Waals surface area contributed by atoms with Crippen LogP contribution in [0.3, 0.4) is 0 Å². The molecule has 7 nitrogen and oxygen atoms in total. The molecule has 1 saturated heterocycles. The van der Waals surface area contributed by atoms with Crippen molar-refractivity contribution in [3.05, 3.63) is 65.1 Å². The predicted molar refractivity (Wildman–Crippen MR) is 141 cm³/mol. The van der Waals surface area contributed by atoms with Gasteiger partial charge in [-0.1, -0.05) is 0 Å². The third-order valence-corrected chi connectivity index (χ3v) is 7.72. The first-order valence-corrected chi connectivity index (χ1v) is 13.2. The Morgan fingerprint density at radius 3 is 2.50 bits per heavy atom. The standard InChI is InChI=1S/C29H33F4N3O4/c1-39-20-2-3-25-21(14-20)27(18(16-34)17-35-25)22(31)4-5-29(15-26(37)38)6-8-36(9-7-29)10-11-40-28-23(32)12-19(30)13-24(28)33/h2-3,12-14,17,22H,4-11,15-16,34H2,1H3,(H,37,38). The van der Waals surface area contributed by atoms with Gasteiger partial charge in [0.05, 0.1) is 19.0 Å². The zero-order valence-electron chi connectivity index (χ0n) is 22.3. The molecule has 1 unspecified atom stereocenters. The molecule has 0 saturated carbocycles. The number of hydrogen-bond acceptors (Lipinski definition) is 6. The van der Waals surface area contributed by atoms with Gasteiger partial charge in [0, 0.05) is 42.4 Å². The summed E-state index contributed by atoms with van der Waals surface area (Å²) < 4.78 is 67.2. The summed E-state index contributed by atoms with van der Waals surface area (Å²) in [6, 6.07) is 6.36. The van der Waals surface area contributed by atoms with E-state index in [1.807, 2.05) is 4.90 Å². The van der Waals surface area contributed by atoms with Gasteiger partial charge in [-0.15, -0.1) is 0 Å². The minimum absolute atomic E-state index is 0.0294. The Hall–Kier alpha value is -3.44. The number of benzene rings is 2. The van der Waals surface area contributed by atoms with E-state index in [0.717, 1.165) is 0 Å².